The van der Waals surface area contributed by atoms with Gasteiger partial charge in [0.15, 0.2) is 5.13 Å². The van der Waals surface area contributed by atoms with Gasteiger partial charge in [0, 0.05) is 18.9 Å². The van der Waals surface area contributed by atoms with Crippen LogP contribution in [0.25, 0.3) is 0 Å². The number of ether oxygens (including phenoxy) is 1. The molecule has 0 spiro atoms. The van der Waals surface area contributed by atoms with Gasteiger partial charge in [-0.05, 0) is 13.8 Å². The lowest BCUT2D eigenvalue weighted by Crippen LogP contribution is -2.24. The largest absolute Gasteiger partial charge is 0.462 e. The van der Waals surface area contributed by atoms with Crippen molar-refractivity contribution in [1.82, 2.24) is 4.98 Å². The predicted octanol–water partition coefficient (Wildman–Crippen LogP) is 2.17. The van der Waals surface area contributed by atoms with Gasteiger partial charge < -0.3 is 4.74 Å². The molecule has 1 aromatic rings. The fraction of sp³-hybridized carbons (Fsp3) is 0.462. The summed E-state index contributed by atoms with van der Waals surface area (Å²) in [6.45, 7) is 8.12. The number of aromatic nitrogens is 1. The number of anilines is 1. The third-order valence-corrected chi connectivity index (χ3v) is 4.13. The normalized spacial score (nSPS) is 18.7. The lowest BCUT2D eigenvalue weighted by molar-refractivity contribution is -0.117. The number of hydrogen-bond donors (Lipinski definition) is 0. The van der Waals surface area contributed by atoms with Crippen molar-refractivity contribution < 1.29 is 14.3 Å². The Morgan fingerprint density at radius 1 is 1.68 bits per heavy atom. The highest BCUT2D eigenvalue weighted by Crippen LogP contribution is 2.31. The molecule has 102 valence electrons. The molecule has 1 aliphatic rings. The maximum absolute atomic E-state index is 11.9. The first-order valence-corrected chi connectivity index (χ1v) is 6.96. The van der Waals surface area contributed by atoms with Crippen LogP contribution in [0.15, 0.2) is 12.7 Å². The molecule has 2 heterocycles. The molecular weight excluding hydrogens is 264 g/mol. The van der Waals surface area contributed by atoms with Crippen LogP contribution in [0.2, 0.25) is 0 Å². The summed E-state index contributed by atoms with van der Waals surface area (Å²) in [4.78, 5) is 30.0. The predicted molar refractivity (Wildman–Crippen MR) is 73.5 cm³/mol. The van der Waals surface area contributed by atoms with Gasteiger partial charge in [-0.2, -0.15) is 0 Å². The van der Waals surface area contributed by atoms with Gasteiger partial charge in [-0.3, -0.25) is 9.69 Å². The van der Waals surface area contributed by atoms with Crippen molar-refractivity contribution in [3.05, 3.63) is 23.2 Å². The van der Waals surface area contributed by atoms with Gasteiger partial charge in [0.25, 0.3) is 0 Å². The van der Waals surface area contributed by atoms with Gasteiger partial charge in [0.2, 0.25) is 5.91 Å². The number of nitrogens with zero attached hydrogens (tertiary/aromatic N) is 2. The minimum Gasteiger partial charge on any atom is -0.462 e. The molecule has 5 nitrogen and oxygen atoms in total. The standard InChI is InChI=1S/C13H16N2O3S/c1-4-9-6-10(16)15(7-9)13-14-8(3)11(19-13)12(17)18-5-2/h4,9H,1,5-7H2,2-3H3. The Labute approximate surface area is 115 Å². The van der Waals surface area contributed by atoms with Crippen LogP contribution in [0, 0.1) is 12.8 Å². The second-order valence-corrected chi connectivity index (χ2v) is 5.31. The van der Waals surface area contributed by atoms with E-state index in [1.807, 2.05) is 0 Å². The van der Waals surface area contributed by atoms with E-state index in [2.05, 4.69) is 11.6 Å². The summed E-state index contributed by atoms with van der Waals surface area (Å²) in [5.74, 6) is -0.201. The van der Waals surface area contributed by atoms with E-state index in [-0.39, 0.29) is 17.8 Å². The fourth-order valence-corrected chi connectivity index (χ4v) is 2.95. The van der Waals surface area contributed by atoms with Crippen LogP contribution < -0.4 is 4.90 Å². The number of thiazole rings is 1. The Hall–Kier alpha value is -1.69. The molecule has 0 N–H and O–H groups in total. The SMILES string of the molecule is C=CC1CC(=O)N(c2nc(C)c(C(=O)OCC)s2)C1. The molecule has 19 heavy (non-hydrogen) atoms. The minimum absolute atomic E-state index is 0.0223. The molecule has 2 rings (SSSR count). The van der Waals surface area contributed by atoms with Crippen molar-refractivity contribution >= 4 is 28.3 Å². The van der Waals surface area contributed by atoms with Crippen molar-refractivity contribution in [3.63, 3.8) is 0 Å². The minimum atomic E-state index is -0.379. The highest BCUT2D eigenvalue weighted by atomic mass is 32.1. The topological polar surface area (TPSA) is 59.5 Å². The van der Waals surface area contributed by atoms with Crippen LogP contribution in [0.4, 0.5) is 5.13 Å². The summed E-state index contributed by atoms with van der Waals surface area (Å²) in [6, 6.07) is 0. The van der Waals surface area contributed by atoms with Crippen molar-refractivity contribution in [2.75, 3.05) is 18.1 Å². The second-order valence-electron chi connectivity index (χ2n) is 4.34. The first-order chi connectivity index (χ1) is 9.06. The first-order valence-electron chi connectivity index (χ1n) is 6.14. The lowest BCUT2D eigenvalue weighted by Gasteiger charge is -2.11. The zero-order chi connectivity index (χ0) is 14.0. The van der Waals surface area contributed by atoms with E-state index < -0.39 is 0 Å². The van der Waals surface area contributed by atoms with Gasteiger partial charge in [-0.25, -0.2) is 9.78 Å². The molecule has 1 aliphatic heterocycles. The highest BCUT2D eigenvalue weighted by molar-refractivity contribution is 7.17. The summed E-state index contributed by atoms with van der Waals surface area (Å²) >= 11 is 1.21. The number of rotatable bonds is 4. The summed E-state index contributed by atoms with van der Waals surface area (Å²) in [5.41, 5.74) is 0.605. The second kappa shape index (κ2) is 5.52. The smallest absolute Gasteiger partial charge is 0.350 e. The van der Waals surface area contributed by atoms with Gasteiger partial charge in [-0.1, -0.05) is 17.4 Å². The summed E-state index contributed by atoms with van der Waals surface area (Å²) in [5, 5.41) is 0.565. The number of aryl methyl sites for hydroxylation is 1. The molecule has 0 aliphatic carbocycles. The van der Waals surface area contributed by atoms with Gasteiger partial charge >= 0.3 is 5.97 Å². The van der Waals surface area contributed by atoms with E-state index in [4.69, 9.17) is 4.74 Å². The summed E-state index contributed by atoms with van der Waals surface area (Å²) in [6.07, 6.45) is 2.24. The van der Waals surface area contributed by atoms with E-state index in [0.717, 1.165) is 0 Å². The van der Waals surface area contributed by atoms with Crippen LogP contribution >= 0.6 is 11.3 Å². The van der Waals surface area contributed by atoms with Crippen LogP contribution in [0.5, 0.6) is 0 Å². The summed E-state index contributed by atoms with van der Waals surface area (Å²) < 4.78 is 4.97. The maximum atomic E-state index is 11.9. The van der Waals surface area contributed by atoms with Crippen molar-refractivity contribution in [2.45, 2.75) is 20.3 Å². The average molecular weight is 280 g/mol. The Bertz CT molecular complexity index is 524. The first kappa shape index (κ1) is 13.7. The molecule has 1 fully saturated rings. The van der Waals surface area contributed by atoms with E-state index >= 15 is 0 Å². The van der Waals surface area contributed by atoms with E-state index in [0.29, 0.717) is 35.3 Å². The van der Waals surface area contributed by atoms with Gasteiger partial charge in [-0.15, -0.1) is 6.58 Å². The van der Waals surface area contributed by atoms with E-state index in [9.17, 15) is 9.59 Å². The number of amides is 1. The third kappa shape index (κ3) is 2.68. The Morgan fingerprint density at radius 3 is 3.00 bits per heavy atom. The number of hydrogen-bond acceptors (Lipinski definition) is 5. The van der Waals surface area contributed by atoms with Crippen molar-refractivity contribution in [2.24, 2.45) is 5.92 Å². The molecule has 6 heteroatoms. The molecule has 1 unspecified atom stereocenters. The highest BCUT2D eigenvalue weighted by Gasteiger charge is 2.31. The molecule has 1 amide bonds. The lowest BCUT2D eigenvalue weighted by atomic mass is 10.1. The molecule has 1 atom stereocenters. The van der Waals surface area contributed by atoms with E-state index in [1.54, 1.807) is 24.8 Å². The van der Waals surface area contributed by atoms with Crippen molar-refractivity contribution in [1.29, 1.82) is 0 Å². The Balaban J connectivity index is 2.23. The monoisotopic (exact) mass is 280 g/mol. The third-order valence-electron chi connectivity index (χ3n) is 2.97. The zero-order valence-electron chi connectivity index (χ0n) is 11.0. The fourth-order valence-electron chi connectivity index (χ4n) is 1.96. The number of carbonyl (C=O) groups is 2. The molecule has 0 saturated carbocycles. The van der Waals surface area contributed by atoms with E-state index in [1.165, 1.54) is 11.3 Å². The molecule has 0 bridgehead atoms. The zero-order valence-corrected chi connectivity index (χ0v) is 11.8. The Kier molecular flexibility index (Phi) is 3.99. The van der Waals surface area contributed by atoms with Crippen molar-refractivity contribution in [3.8, 4) is 0 Å². The molecule has 1 aromatic heterocycles. The number of carbonyl (C=O) groups excluding carboxylic acids is 2. The maximum Gasteiger partial charge on any atom is 0.350 e. The quantitative estimate of drug-likeness (QED) is 0.626. The summed E-state index contributed by atoms with van der Waals surface area (Å²) in [7, 11) is 0. The number of esters is 1. The van der Waals surface area contributed by atoms with Gasteiger partial charge in [0.05, 0.1) is 12.3 Å². The van der Waals surface area contributed by atoms with Gasteiger partial charge in [0.1, 0.15) is 4.88 Å². The molecular formula is C13H16N2O3S. The van der Waals surface area contributed by atoms with Crippen LogP contribution in [-0.2, 0) is 9.53 Å². The molecule has 0 radical (unpaired) electrons. The molecule has 1 saturated heterocycles. The van der Waals surface area contributed by atoms with Crippen LogP contribution in [-0.4, -0.2) is 30.0 Å². The average Bonchev–Trinajstić information content (AvgIpc) is 2.92. The van der Waals surface area contributed by atoms with Crippen LogP contribution in [0.3, 0.4) is 0 Å². The molecule has 0 aromatic carbocycles. The van der Waals surface area contributed by atoms with Crippen LogP contribution in [0.1, 0.15) is 28.7 Å². The Morgan fingerprint density at radius 2 is 2.42 bits per heavy atom.